The summed E-state index contributed by atoms with van der Waals surface area (Å²) in [4.78, 5) is 4.63. The van der Waals surface area contributed by atoms with E-state index in [4.69, 9.17) is 5.26 Å². The Balaban J connectivity index is 1.53. The zero-order valence-electron chi connectivity index (χ0n) is 17.6. The normalized spacial score (nSPS) is 16.8. The number of rotatable bonds is 5. The highest BCUT2D eigenvalue weighted by Gasteiger charge is 2.29. The molecule has 1 saturated heterocycles. The fraction of sp³-hybridized carbons (Fsp3) is 0.269. The predicted octanol–water partition coefficient (Wildman–Crippen LogP) is 4.82. The number of phenolic OH excluding ortho intramolecular Hbond substituents is 1. The lowest BCUT2D eigenvalue weighted by Gasteiger charge is -2.43. The van der Waals surface area contributed by atoms with Gasteiger partial charge in [-0.3, -0.25) is 4.90 Å². The van der Waals surface area contributed by atoms with Crippen molar-refractivity contribution in [3.8, 4) is 11.8 Å². The molecule has 1 fully saturated rings. The summed E-state index contributed by atoms with van der Waals surface area (Å²) in [5, 5.41) is 19.5. The second-order valence-electron chi connectivity index (χ2n) is 8.11. The van der Waals surface area contributed by atoms with Crippen LogP contribution in [-0.2, 0) is 6.42 Å². The second kappa shape index (κ2) is 9.20. The molecule has 0 amide bonds. The van der Waals surface area contributed by atoms with E-state index in [0.717, 1.165) is 49.4 Å². The molecule has 1 aliphatic rings. The van der Waals surface area contributed by atoms with Gasteiger partial charge in [-0.2, -0.15) is 5.26 Å². The van der Waals surface area contributed by atoms with Crippen molar-refractivity contribution < 1.29 is 9.50 Å². The Hall–Kier alpha value is -3.36. The maximum absolute atomic E-state index is 13.5. The molecule has 158 valence electrons. The molecule has 0 aromatic heterocycles. The van der Waals surface area contributed by atoms with Crippen molar-refractivity contribution in [1.82, 2.24) is 4.90 Å². The minimum atomic E-state index is -0.248. The van der Waals surface area contributed by atoms with Crippen molar-refractivity contribution in [2.24, 2.45) is 0 Å². The molecule has 0 spiro atoms. The van der Waals surface area contributed by atoms with Crippen LogP contribution in [0.3, 0.4) is 0 Å². The van der Waals surface area contributed by atoms with E-state index in [-0.39, 0.29) is 17.6 Å². The van der Waals surface area contributed by atoms with Crippen LogP contribution in [0.25, 0.3) is 0 Å². The van der Waals surface area contributed by atoms with Gasteiger partial charge in [0.25, 0.3) is 0 Å². The number of halogens is 1. The van der Waals surface area contributed by atoms with Gasteiger partial charge in [-0.15, -0.1) is 0 Å². The fourth-order valence-corrected chi connectivity index (χ4v) is 4.21. The van der Waals surface area contributed by atoms with Gasteiger partial charge in [-0.25, -0.2) is 4.39 Å². The van der Waals surface area contributed by atoms with Crippen LogP contribution >= 0.6 is 0 Å². The van der Waals surface area contributed by atoms with E-state index in [9.17, 15) is 9.50 Å². The van der Waals surface area contributed by atoms with Crippen LogP contribution in [0.4, 0.5) is 10.1 Å². The van der Waals surface area contributed by atoms with Gasteiger partial charge < -0.3 is 10.0 Å². The van der Waals surface area contributed by atoms with E-state index in [2.05, 4.69) is 15.9 Å². The van der Waals surface area contributed by atoms with E-state index in [0.29, 0.717) is 5.56 Å². The Morgan fingerprint density at radius 1 is 1.03 bits per heavy atom. The monoisotopic (exact) mass is 415 g/mol. The van der Waals surface area contributed by atoms with Gasteiger partial charge in [-0.1, -0.05) is 30.3 Å². The molecule has 3 aromatic carbocycles. The predicted molar refractivity (Wildman–Crippen MR) is 121 cm³/mol. The van der Waals surface area contributed by atoms with E-state index in [1.54, 1.807) is 6.07 Å². The van der Waals surface area contributed by atoms with Gasteiger partial charge >= 0.3 is 0 Å². The van der Waals surface area contributed by atoms with Crippen LogP contribution in [0.5, 0.6) is 5.75 Å². The second-order valence-corrected chi connectivity index (χ2v) is 8.11. The summed E-state index contributed by atoms with van der Waals surface area (Å²) in [6.07, 6.45) is 0.900. The van der Waals surface area contributed by atoms with Crippen LogP contribution in [0.2, 0.25) is 0 Å². The minimum Gasteiger partial charge on any atom is -0.506 e. The van der Waals surface area contributed by atoms with Crippen molar-refractivity contribution in [1.29, 1.82) is 5.26 Å². The molecule has 1 atom stereocenters. The van der Waals surface area contributed by atoms with Gasteiger partial charge in [0.05, 0.1) is 23.4 Å². The molecular formula is C26H26FN3O. The molecule has 5 heteroatoms. The summed E-state index contributed by atoms with van der Waals surface area (Å²) in [5.74, 6) is 0.0279. The first-order valence-electron chi connectivity index (χ1n) is 10.6. The van der Waals surface area contributed by atoms with E-state index < -0.39 is 0 Å². The number of hydrogen-bond acceptors (Lipinski definition) is 4. The molecule has 4 rings (SSSR count). The summed E-state index contributed by atoms with van der Waals surface area (Å²) in [7, 11) is 0. The number of piperazine rings is 1. The van der Waals surface area contributed by atoms with Gasteiger partial charge in [0, 0.05) is 26.2 Å². The first kappa shape index (κ1) is 20.9. The molecule has 0 bridgehead atoms. The Bertz CT molecular complexity index is 1070. The van der Waals surface area contributed by atoms with Crippen molar-refractivity contribution >= 4 is 5.69 Å². The third kappa shape index (κ3) is 4.87. The Labute approximate surface area is 182 Å². The quantitative estimate of drug-likeness (QED) is 0.649. The number of hydrogen-bond donors (Lipinski definition) is 1. The summed E-state index contributed by atoms with van der Waals surface area (Å²) in [6.45, 7) is 5.29. The number of benzene rings is 3. The molecule has 31 heavy (non-hydrogen) atoms. The van der Waals surface area contributed by atoms with Crippen molar-refractivity contribution in [3.63, 3.8) is 0 Å². The van der Waals surface area contributed by atoms with E-state index in [1.807, 2.05) is 55.5 Å². The van der Waals surface area contributed by atoms with E-state index in [1.165, 1.54) is 17.7 Å². The molecule has 3 aromatic rings. The zero-order chi connectivity index (χ0) is 21.8. The first-order chi connectivity index (χ1) is 15.0. The lowest BCUT2D eigenvalue weighted by Crippen LogP contribution is -2.49. The highest BCUT2D eigenvalue weighted by molar-refractivity contribution is 5.60. The number of phenols is 1. The highest BCUT2D eigenvalue weighted by Crippen LogP contribution is 2.36. The lowest BCUT2D eigenvalue weighted by atomic mass is 10.00. The number of nitrogens with zero attached hydrogens (tertiary/aromatic N) is 3. The molecule has 0 unspecified atom stereocenters. The van der Waals surface area contributed by atoms with Gasteiger partial charge in [0.15, 0.2) is 0 Å². The summed E-state index contributed by atoms with van der Waals surface area (Å²) >= 11 is 0. The Morgan fingerprint density at radius 2 is 1.77 bits per heavy atom. The third-order valence-electron chi connectivity index (χ3n) is 5.96. The van der Waals surface area contributed by atoms with Crippen LogP contribution in [0.1, 0.15) is 28.3 Å². The number of aryl methyl sites for hydroxylation is 1. The summed E-state index contributed by atoms with van der Waals surface area (Å²) in [5.41, 5.74) is 4.74. The van der Waals surface area contributed by atoms with Crippen LogP contribution < -0.4 is 4.90 Å². The first-order valence-corrected chi connectivity index (χ1v) is 10.6. The lowest BCUT2D eigenvalue weighted by molar-refractivity contribution is 0.225. The van der Waals surface area contributed by atoms with Gasteiger partial charge in [-0.05, 0) is 66.4 Å². The van der Waals surface area contributed by atoms with Crippen LogP contribution in [0, 0.1) is 24.1 Å². The zero-order valence-corrected chi connectivity index (χ0v) is 17.6. The highest BCUT2D eigenvalue weighted by atomic mass is 19.1. The smallest absolute Gasteiger partial charge is 0.139 e. The average Bonchev–Trinajstić information content (AvgIpc) is 2.79. The summed E-state index contributed by atoms with van der Waals surface area (Å²) < 4.78 is 13.5. The SMILES string of the molecule is Cc1ccc(N2CCN(CCc3ccc(C#N)cc3)C[C@H]2c2ccc(F)cc2)c(O)c1. The minimum absolute atomic E-state index is 0.0175. The Kier molecular flexibility index (Phi) is 6.20. The maximum Gasteiger partial charge on any atom is 0.139 e. The number of aromatic hydroxyl groups is 1. The van der Waals surface area contributed by atoms with Crippen molar-refractivity contribution in [2.75, 3.05) is 31.1 Å². The molecule has 1 N–H and O–H groups in total. The standard InChI is InChI=1S/C26H26FN3O/c1-19-2-11-24(26(31)16-19)30-15-14-29(13-12-20-3-5-21(17-28)6-4-20)18-25(30)22-7-9-23(27)10-8-22/h2-11,16,25,31H,12-15,18H2,1H3/t25-/m0/s1. The molecule has 0 radical (unpaired) electrons. The topological polar surface area (TPSA) is 50.5 Å². The van der Waals surface area contributed by atoms with Gasteiger partial charge in [0.2, 0.25) is 0 Å². The Morgan fingerprint density at radius 3 is 2.45 bits per heavy atom. The molecule has 1 aliphatic heterocycles. The van der Waals surface area contributed by atoms with E-state index >= 15 is 0 Å². The van der Waals surface area contributed by atoms with Crippen molar-refractivity contribution in [3.05, 3.63) is 94.8 Å². The largest absolute Gasteiger partial charge is 0.506 e. The van der Waals surface area contributed by atoms with Gasteiger partial charge in [0.1, 0.15) is 11.6 Å². The molecule has 0 aliphatic carbocycles. The molecule has 4 nitrogen and oxygen atoms in total. The third-order valence-corrected chi connectivity index (χ3v) is 5.96. The summed E-state index contributed by atoms with van der Waals surface area (Å²) in [6, 6.07) is 22.3. The number of nitriles is 1. The van der Waals surface area contributed by atoms with Crippen LogP contribution in [0.15, 0.2) is 66.7 Å². The number of anilines is 1. The molecule has 1 heterocycles. The maximum atomic E-state index is 13.5. The fourth-order valence-electron chi connectivity index (χ4n) is 4.21. The van der Waals surface area contributed by atoms with Crippen molar-refractivity contribution in [2.45, 2.75) is 19.4 Å². The molecular weight excluding hydrogens is 389 g/mol. The average molecular weight is 416 g/mol. The van der Waals surface area contributed by atoms with Crippen LogP contribution in [-0.4, -0.2) is 36.2 Å². The molecule has 0 saturated carbocycles.